The topological polar surface area (TPSA) is 46.3 Å². The van der Waals surface area contributed by atoms with Crippen LogP contribution >= 0.6 is 0 Å². The van der Waals surface area contributed by atoms with Gasteiger partial charge in [-0.2, -0.15) is 4.98 Å². The van der Waals surface area contributed by atoms with Crippen molar-refractivity contribution in [2.75, 3.05) is 11.4 Å². The van der Waals surface area contributed by atoms with Gasteiger partial charge in [-0.15, -0.1) is 0 Å². The number of aryl methyl sites for hydroxylation is 1. The van der Waals surface area contributed by atoms with Crippen LogP contribution < -0.4 is 4.90 Å². The normalized spacial score (nSPS) is 10.5. The molecule has 0 radical (unpaired) electrons. The molecular weight excluding hydrogens is 216 g/mol. The Kier molecular flexibility index (Phi) is 5.73. The number of anilines is 1. The van der Waals surface area contributed by atoms with Crippen molar-refractivity contribution in [1.29, 1.82) is 0 Å². The average molecular weight is 238 g/mol. The molecule has 0 N–H and O–H groups in total. The van der Waals surface area contributed by atoms with E-state index in [2.05, 4.69) is 11.9 Å². The summed E-state index contributed by atoms with van der Waals surface area (Å²) in [4.78, 5) is 17.7. The maximum atomic E-state index is 11.8. The number of unbranched alkanes of at least 4 members (excludes halogenated alkanes) is 3. The van der Waals surface area contributed by atoms with Crippen molar-refractivity contribution in [2.45, 2.75) is 52.9 Å². The number of rotatable bonds is 7. The van der Waals surface area contributed by atoms with Crippen molar-refractivity contribution in [2.24, 2.45) is 0 Å². The highest BCUT2D eigenvalue weighted by Crippen LogP contribution is 2.15. The first-order chi connectivity index (χ1) is 8.19. The van der Waals surface area contributed by atoms with Gasteiger partial charge in [0.05, 0.1) is 5.69 Å². The number of amides is 1. The van der Waals surface area contributed by atoms with E-state index in [0.29, 0.717) is 19.0 Å². The van der Waals surface area contributed by atoms with E-state index in [1.807, 2.05) is 13.8 Å². The molecule has 0 spiro atoms. The van der Waals surface area contributed by atoms with Crippen molar-refractivity contribution in [1.82, 2.24) is 4.98 Å². The zero-order valence-electron chi connectivity index (χ0n) is 11.0. The molecule has 0 saturated carbocycles. The first-order valence-electron chi connectivity index (χ1n) is 6.41. The van der Waals surface area contributed by atoms with Crippen LogP contribution in [0.25, 0.3) is 0 Å². The van der Waals surface area contributed by atoms with Crippen molar-refractivity contribution in [3.05, 3.63) is 12.0 Å². The fourth-order valence-corrected chi connectivity index (χ4v) is 1.68. The molecule has 0 unspecified atom stereocenters. The summed E-state index contributed by atoms with van der Waals surface area (Å²) in [6, 6.07) is 0.436. The van der Waals surface area contributed by atoms with Crippen LogP contribution in [0.1, 0.15) is 51.6 Å². The Balaban J connectivity index is 2.58. The maximum Gasteiger partial charge on any atom is 0.304 e. The van der Waals surface area contributed by atoms with E-state index in [4.69, 9.17) is 4.42 Å². The molecule has 1 heterocycles. The van der Waals surface area contributed by atoms with Crippen LogP contribution in [-0.2, 0) is 4.79 Å². The van der Waals surface area contributed by atoms with Gasteiger partial charge in [0.2, 0.25) is 5.91 Å². The van der Waals surface area contributed by atoms with Gasteiger partial charge >= 0.3 is 6.01 Å². The molecule has 96 valence electrons. The van der Waals surface area contributed by atoms with Gasteiger partial charge in [-0.25, -0.2) is 0 Å². The van der Waals surface area contributed by atoms with E-state index in [1.165, 1.54) is 12.8 Å². The number of nitrogens with zero attached hydrogens (tertiary/aromatic N) is 2. The second-order valence-electron chi connectivity index (χ2n) is 4.23. The number of hydrogen-bond donors (Lipinski definition) is 0. The van der Waals surface area contributed by atoms with E-state index >= 15 is 0 Å². The minimum Gasteiger partial charge on any atom is -0.431 e. The summed E-state index contributed by atoms with van der Waals surface area (Å²) in [7, 11) is 0. The molecule has 17 heavy (non-hydrogen) atoms. The summed E-state index contributed by atoms with van der Waals surface area (Å²) < 4.78 is 5.30. The molecule has 1 aromatic rings. The molecule has 1 aromatic heterocycles. The van der Waals surface area contributed by atoms with Crippen molar-refractivity contribution in [3.63, 3.8) is 0 Å². The van der Waals surface area contributed by atoms with Gasteiger partial charge in [-0.1, -0.05) is 33.1 Å². The van der Waals surface area contributed by atoms with Crippen LogP contribution in [0.2, 0.25) is 0 Å². The standard InChI is InChI=1S/C13H22N2O2/c1-4-6-7-8-9-15(12(16)5-2)13-14-11(3)10-17-13/h10H,4-9H2,1-3H3. The minimum absolute atomic E-state index is 0.0725. The first kappa shape index (κ1) is 13.7. The molecule has 0 aromatic carbocycles. The number of hydrogen-bond acceptors (Lipinski definition) is 3. The van der Waals surface area contributed by atoms with Gasteiger partial charge < -0.3 is 4.42 Å². The molecule has 4 heteroatoms. The lowest BCUT2D eigenvalue weighted by Crippen LogP contribution is -2.31. The molecular formula is C13H22N2O2. The molecule has 4 nitrogen and oxygen atoms in total. The Hall–Kier alpha value is -1.32. The molecule has 1 amide bonds. The first-order valence-corrected chi connectivity index (χ1v) is 6.41. The van der Waals surface area contributed by atoms with E-state index in [9.17, 15) is 4.79 Å². The molecule has 0 atom stereocenters. The lowest BCUT2D eigenvalue weighted by molar-refractivity contribution is -0.118. The molecule has 0 saturated heterocycles. The Morgan fingerprint density at radius 1 is 1.35 bits per heavy atom. The predicted octanol–water partition coefficient (Wildman–Crippen LogP) is 3.31. The van der Waals surface area contributed by atoms with E-state index in [0.717, 1.165) is 18.5 Å². The molecule has 1 rings (SSSR count). The Morgan fingerprint density at radius 2 is 2.12 bits per heavy atom. The minimum atomic E-state index is 0.0725. The SMILES string of the molecule is CCCCCCN(C(=O)CC)c1nc(C)co1. The van der Waals surface area contributed by atoms with Crippen molar-refractivity contribution < 1.29 is 9.21 Å². The Bertz CT molecular complexity index is 347. The van der Waals surface area contributed by atoms with Crippen LogP contribution in [0.15, 0.2) is 10.7 Å². The van der Waals surface area contributed by atoms with Gasteiger partial charge in [0, 0.05) is 13.0 Å². The third-order valence-corrected chi connectivity index (χ3v) is 2.68. The summed E-state index contributed by atoms with van der Waals surface area (Å²) in [5, 5.41) is 0. The van der Waals surface area contributed by atoms with E-state index in [-0.39, 0.29) is 5.91 Å². The lowest BCUT2D eigenvalue weighted by atomic mass is 10.2. The average Bonchev–Trinajstić information content (AvgIpc) is 2.75. The Morgan fingerprint density at radius 3 is 2.65 bits per heavy atom. The van der Waals surface area contributed by atoms with Crippen molar-refractivity contribution in [3.8, 4) is 0 Å². The smallest absolute Gasteiger partial charge is 0.304 e. The van der Waals surface area contributed by atoms with Crippen LogP contribution in [0.3, 0.4) is 0 Å². The Labute approximate surface area is 103 Å². The molecule has 0 aliphatic rings. The van der Waals surface area contributed by atoms with Gasteiger partial charge in [0.15, 0.2) is 0 Å². The highest BCUT2D eigenvalue weighted by Gasteiger charge is 2.17. The van der Waals surface area contributed by atoms with E-state index in [1.54, 1.807) is 11.2 Å². The monoisotopic (exact) mass is 238 g/mol. The highest BCUT2D eigenvalue weighted by molar-refractivity contribution is 5.90. The molecule has 0 fully saturated rings. The van der Waals surface area contributed by atoms with Crippen molar-refractivity contribution >= 4 is 11.9 Å². The summed E-state index contributed by atoms with van der Waals surface area (Å²) in [6.07, 6.45) is 6.61. The second kappa shape index (κ2) is 7.09. The second-order valence-corrected chi connectivity index (χ2v) is 4.23. The van der Waals surface area contributed by atoms with Crippen LogP contribution in [0.4, 0.5) is 6.01 Å². The largest absolute Gasteiger partial charge is 0.431 e. The summed E-state index contributed by atoms with van der Waals surface area (Å²) in [5.74, 6) is 0.0725. The third kappa shape index (κ3) is 4.21. The number of oxazole rings is 1. The summed E-state index contributed by atoms with van der Waals surface area (Å²) in [6.45, 7) is 6.59. The highest BCUT2D eigenvalue weighted by atomic mass is 16.4. The zero-order chi connectivity index (χ0) is 12.7. The van der Waals surface area contributed by atoms with Crippen LogP contribution in [0, 0.1) is 6.92 Å². The number of aromatic nitrogens is 1. The zero-order valence-corrected chi connectivity index (χ0v) is 11.0. The van der Waals surface area contributed by atoms with Crippen LogP contribution in [-0.4, -0.2) is 17.4 Å². The fourth-order valence-electron chi connectivity index (χ4n) is 1.68. The summed E-state index contributed by atoms with van der Waals surface area (Å²) >= 11 is 0. The molecule has 0 aliphatic heterocycles. The molecule has 0 aliphatic carbocycles. The fraction of sp³-hybridized carbons (Fsp3) is 0.692. The number of carbonyl (C=O) groups is 1. The van der Waals surface area contributed by atoms with E-state index < -0.39 is 0 Å². The maximum absolute atomic E-state index is 11.8. The molecule has 0 bridgehead atoms. The van der Waals surface area contributed by atoms with Crippen LogP contribution in [0.5, 0.6) is 0 Å². The van der Waals surface area contributed by atoms with Gasteiger partial charge in [-0.05, 0) is 13.3 Å². The van der Waals surface area contributed by atoms with Gasteiger partial charge in [0.1, 0.15) is 6.26 Å². The van der Waals surface area contributed by atoms with Gasteiger partial charge in [0.25, 0.3) is 0 Å². The third-order valence-electron chi connectivity index (χ3n) is 2.68. The quantitative estimate of drug-likeness (QED) is 0.685. The van der Waals surface area contributed by atoms with Gasteiger partial charge in [-0.3, -0.25) is 9.69 Å². The predicted molar refractivity (Wildman–Crippen MR) is 68.0 cm³/mol. The number of carbonyl (C=O) groups excluding carboxylic acids is 1. The lowest BCUT2D eigenvalue weighted by Gasteiger charge is -2.17. The summed E-state index contributed by atoms with van der Waals surface area (Å²) in [5.41, 5.74) is 0.808.